The van der Waals surface area contributed by atoms with Gasteiger partial charge in [-0.1, -0.05) is 48.5 Å². The number of nitrogens with one attached hydrogen (secondary N) is 1. The van der Waals surface area contributed by atoms with Gasteiger partial charge in [0.05, 0.1) is 11.4 Å². The highest BCUT2D eigenvalue weighted by Gasteiger charge is 2.15. The fourth-order valence-corrected chi connectivity index (χ4v) is 2.88. The van der Waals surface area contributed by atoms with Crippen LogP contribution in [0.15, 0.2) is 60.7 Å². The standard InChI is InChI=1S/C17H17N3S/c1-13-16(14-9-5-3-6-10-14)20(17(21)18-13)19(2)15-11-7-4-8-12-15/h3-12H,1-2H3,(H,18,21). The van der Waals surface area contributed by atoms with Gasteiger partial charge >= 0.3 is 0 Å². The van der Waals surface area contributed by atoms with Crippen molar-refractivity contribution in [3.8, 4) is 11.3 Å². The van der Waals surface area contributed by atoms with Gasteiger partial charge in [-0.2, -0.15) is 0 Å². The van der Waals surface area contributed by atoms with E-state index < -0.39 is 0 Å². The van der Waals surface area contributed by atoms with Gasteiger partial charge < -0.3 is 4.98 Å². The molecule has 1 heterocycles. The molecule has 0 unspecified atom stereocenters. The Kier molecular flexibility index (Phi) is 3.62. The maximum absolute atomic E-state index is 5.50. The minimum absolute atomic E-state index is 0.692. The number of aryl methyl sites for hydroxylation is 1. The van der Waals surface area contributed by atoms with Gasteiger partial charge in [0, 0.05) is 18.3 Å². The fraction of sp³-hybridized carbons (Fsp3) is 0.118. The number of aromatic amines is 1. The van der Waals surface area contributed by atoms with Crippen LogP contribution in [0.3, 0.4) is 0 Å². The van der Waals surface area contributed by atoms with E-state index in [1.807, 2.05) is 55.0 Å². The quantitative estimate of drug-likeness (QED) is 0.723. The number of H-pyrrole nitrogens is 1. The zero-order chi connectivity index (χ0) is 14.8. The zero-order valence-corrected chi connectivity index (χ0v) is 12.9. The molecule has 4 heteroatoms. The Balaban J connectivity index is 2.18. The van der Waals surface area contributed by atoms with Crippen molar-refractivity contribution in [1.29, 1.82) is 0 Å². The van der Waals surface area contributed by atoms with E-state index in [0.717, 1.165) is 22.6 Å². The molecule has 0 atom stereocenters. The molecule has 3 nitrogen and oxygen atoms in total. The van der Waals surface area contributed by atoms with Crippen molar-refractivity contribution in [3.63, 3.8) is 0 Å². The lowest BCUT2D eigenvalue weighted by molar-refractivity contribution is 0.768. The summed E-state index contributed by atoms with van der Waals surface area (Å²) < 4.78 is 2.73. The van der Waals surface area contributed by atoms with Gasteiger partial charge in [-0.15, -0.1) is 0 Å². The molecule has 0 radical (unpaired) electrons. The molecule has 3 rings (SSSR count). The van der Waals surface area contributed by atoms with Crippen molar-refractivity contribution in [2.24, 2.45) is 0 Å². The van der Waals surface area contributed by atoms with Gasteiger partial charge in [-0.3, -0.25) is 5.01 Å². The summed E-state index contributed by atoms with van der Waals surface area (Å²) in [6.45, 7) is 2.05. The Labute approximate surface area is 129 Å². The van der Waals surface area contributed by atoms with Crippen LogP contribution in [0.4, 0.5) is 5.69 Å². The molecule has 3 aromatic rings. The molecule has 106 valence electrons. The normalized spacial score (nSPS) is 10.6. The number of imidazole rings is 1. The van der Waals surface area contributed by atoms with Crippen LogP contribution in [-0.2, 0) is 0 Å². The van der Waals surface area contributed by atoms with Crippen LogP contribution in [0.5, 0.6) is 0 Å². The maximum atomic E-state index is 5.50. The third-order valence-electron chi connectivity index (χ3n) is 3.53. The smallest absolute Gasteiger partial charge is 0.197 e. The summed E-state index contributed by atoms with van der Waals surface area (Å²) in [4.78, 5) is 3.26. The minimum atomic E-state index is 0.692. The van der Waals surface area contributed by atoms with Crippen LogP contribution in [0.2, 0.25) is 0 Å². The summed E-state index contributed by atoms with van der Waals surface area (Å²) in [7, 11) is 2.02. The molecule has 0 aliphatic rings. The van der Waals surface area contributed by atoms with Crippen molar-refractivity contribution in [3.05, 3.63) is 71.1 Å². The van der Waals surface area contributed by atoms with E-state index in [0.29, 0.717) is 4.77 Å². The number of para-hydroxylation sites is 1. The highest BCUT2D eigenvalue weighted by Crippen LogP contribution is 2.26. The zero-order valence-electron chi connectivity index (χ0n) is 12.1. The van der Waals surface area contributed by atoms with E-state index >= 15 is 0 Å². The lowest BCUT2D eigenvalue weighted by Crippen LogP contribution is -2.25. The topological polar surface area (TPSA) is 24.0 Å². The second kappa shape index (κ2) is 5.58. The van der Waals surface area contributed by atoms with Gasteiger partial charge in [-0.25, -0.2) is 4.68 Å². The lowest BCUT2D eigenvalue weighted by atomic mass is 10.1. The lowest BCUT2D eigenvalue weighted by Gasteiger charge is -2.23. The molecule has 0 saturated carbocycles. The summed E-state index contributed by atoms with van der Waals surface area (Å²) in [5.41, 5.74) is 4.39. The molecule has 1 aromatic heterocycles. The largest absolute Gasteiger partial charge is 0.333 e. The molecule has 0 saturated heterocycles. The van der Waals surface area contributed by atoms with E-state index in [1.54, 1.807) is 0 Å². The molecule has 21 heavy (non-hydrogen) atoms. The molecule has 0 fully saturated rings. The highest BCUT2D eigenvalue weighted by atomic mass is 32.1. The second-order valence-electron chi connectivity index (χ2n) is 4.94. The predicted molar refractivity (Wildman–Crippen MR) is 90.0 cm³/mol. The Hall–Kier alpha value is -2.33. The highest BCUT2D eigenvalue weighted by molar-refractivity contribution is 7.71. The summed E-state index contributed by atoms with van der Waals surface area (Å²) in [5, 5.41) is 2.06. The third-order valence-corrected chi connectivity index (χ3v) is 3.81. The molecule has 1 N–H and O–H groups in total. The molecule has 0 aliphatic heterocycles. The Morgan fingerprint density at radius 2 is 1.52 bits per heavy atom. The van der Waals surface area contributed by atoms with Gasteiger partial charge in [0.15, 0.2) is 4.77 Å². The maximum Gasteiger partial charge on any atom is 0.197 e. The van der Waals surface area contributed by atoms with E-state index in [2.05, 4.69) is 34.3 Å². The average Bonchev–Trinajstić information content (AvgIpc) is 2.82. The SMILES string of the molecule is Cc1[nH]c(=S)n(N(C)c2ccccc2)c1-c1ccccc1. The van der Waals surface area contributed by atoms with Crippen molar-refractivity contribution in [2.75, 3.05) is 12.1 Å². The first kappa shape index (κ1) is 13.6. The minimum Gasteiger partial charge on any atom is -0.333 e. The summed E-state index contributed by atoms with van der Waals surface area (Å²) in [5.74, 6) is 0. The van der Waals surface area contributed by atoms with Crippen molar-refractivity contribution in [1.82, 2.24) is 9.66 Å². The van der Waals surface area contributed by atoms with E-state index in [9.17, 15) is 0 Å². The van der Waals surface area contributed by atoms with Crippen LogP contribution < -0.4 is 5.01 Å². The summed E-state index contributed by atoms with van der Waals surface area (Å²) >= 11 is 5.50. The second-order valence-corrected chi connectivity index (χ2v) is 5.33. The molecular weight excluding hydrogens is 278 g/mol. The van der Waals surface area contributed by atoms with Crippen LogP contribution in [-0.4, -0.2) is 16.7 Å². The first-order valence-electron chi connectivity index (χ1n) is 6.84. The molecule has 0 spiro atoms. The van der Waals surface area contributed by atoms with Crippen molar-refractivity contribution in [2.45, 2.75) is 6.92 Å². The Morgan fingerprint density at radius 1 is 0.952 bits per heavy atom. The van der Waals surface area contributed by atoms with Gasteiger partial charge in [-0.05, 0) is 31.3 Å². The number of aromatic nitrogens is 2. The Morgan fingerprint density at radius 3 is 2.14 bits per heavy atom. The number of benzene rings is 2. The molecule has 0 amide bonds. The predicted octanol–water partition coefficient (Wildman–Crippen LogP) is 4.42. The van der Waals surface area contributed by atoms with E-state index in [-0.39, 0.29) is 0 Å². The van der Waals surface area contributed by atoms with Gasteiger partial charge in [0.2, 0.25) is 0 Å². The number of hydrogen-bond donors (Lipinski definition) is 1. The van der Waals surface area contributed by atoms with E-state index in [4.69, 9.17) is 12.2 Å². The Bertz CT molecular complexity index is 788. The van der Waals surface area contributed by atoms with Gasteiger partial charge in [0.25, 0.3) is 0 Å². The van der Waals surface area contributed by atoms with Gasteiger partial charge in [0.1, 0.15) is 0 Å². The molecular formula is C17H17N3S. The van der Waals surface area contributed by atoms with Crippen LogP contribution in [0, 0.1) is 11.7 Å². The van der Waals surface area contributed by atoms with Crippen molar-refractivity contribution < 1.29 is 0 Å². The van der Waals surface area contributed by atoms with E-state index in [1.165, 1.54) is 0 Å². The molecule has 2 aromatic carbocycles. The number of hydrogen-bond acceptors (Lipinski definition) is 2. The van der Waals surface area contributed by atoms with Crippen LogP contribution in [0.25, 0.3) is 11.3 Å². The summed E-state index contributed by atoms with van der Waals surface area (Å²) in [6, 6.07) is 20.5. The first-order valence-corrected chi connectivity index (χ1v) is 7.25. The number of rotatable bonds is 3. The third kappa shape index (κ3) is 2.50. The summed E-state index contributed by atoms with van der Waals surface area (Å²) in [6.07, 6.45) is 0. The molecule has 0 bridgehead atoms. The number of nitrogens with zero attached hydrogens (tertiary/aromatic N) is 2. The monoisotopic (exact) mass is 295 g/mol. The van der Waals surface area contributed by atoms with Crippen LogP contribution in [0.1, 0.15) is 5.69 Å². The van der Waals surface area contributed by atoms with Crippen molar-refractivity contribution >= 4 is 17.9 Å². The van der Waals surface area contributed by atoms with Crippen LogP contribution >= 0.6 is 12.2 Å². The average molecular weight is 295 g/mol. The first-order chi connectivity index (χ1) is 10.2. The molecule has 0 aliphatic carbocycles. The number of anilines is 1. The fourth-order valence-electron chi connectivity index (χ4n) is 2.51.